The average Bonchev–Trinajstić information content (AvgIpc) is 2.05. The highest BCUT2D eigenvalue weighted by atomic mass is 19.1. The quantitative estimate of drug-likeness (QED) is 0.646. The maximum atomic E-state index is 12.7. The van der Waals surface area contributed by atoms with Crippen molar-refractivity contribution >= 4 is 12.0 Å². The summed E-state index contributed by atoms with van der Waals surface area (Å²) in [6, 6.07) is 4.33. The van der Waals surface area contributed by atoms with Crippen LogP contribution >= 0.6 is 0 Å². The van der Waals surface area contributed by atoms with Gasteiger partial charge in [0.25, 0.3) is 0 Å². The minimum atomic E-state index is -0.355. The molecule has 0 aromatic heterocycles. The highest BCUT2D eigenvalue weighted by Crippen LogP contribution is 2.24. The van der Waals surface area contributed by atoms with Crippen molar-refractivity contribution in [1.82, 2.24) is 0 Å². The summed E-state index contributed by atoms with van der Waals surface area (Å²) in [5.41, 5.74) is 1.29. The summed E-state index contributed by atoms with van der Waals surface area (Å²) in [6.45, 7) is 1.93. The number of rotatable bonds is 2. The largest absolute Gasteiger partial charge is 0.371 e. The Morgan fingerprint density at radius 3 is 2.69 bits per heavy atom. The first kappa shape index (κ1) is 8.23. The first-order valence-electron chi connectivity index (χ1n) is 4.31. The Labute approximate surface area is 76.0 Å². The van der Waals surface area contributed by atoms with E-state index in [1.165, 1.54) is 12.1 Å². The number of nitrogens with zero attached hydrogens (tertiary/aromatic N) is 1. The summed E-state index contributed by atoms with van der Waals surface area (Å²) in [5, 5.41) is 0. The molecule has 0 radical (unpaired) electrons. The Kier molecular flexibility index (Phi) is 2.00. The summed E-state index contributed by atoms with van der Waals surface area (Å²) in [5.74, 6) is -0.355. The van der Waals surface area contributed by atoms with Gasteiger partial charge in [0.05, 0.1) is 0 Å². The number of carbonyl (C=O) groups is 1. The van der Waals surface area contributed by atoms with Gasteiger partial charge in [-0.15, -0.1) is 0 Å². The number of halogens is 1. The lowest BCUT2D eigenvalue weighted by Gasteiger charge is -2.34. The minimum Gasteiger partial charge on any atom is -0.371 e. The van der Waals surface area contributed by atoms with Gasteiger partial charge in [-0.1, -0.05) is 0 Å². The number of benzene rings is 1. The summed E-state index contributed by atoms with van der Waals surface area (Å²) in [4.78, 5) is 12.7. The highest BCUT2D eigenvalue weighted by molar-refractivity contribution is 5.84. The molecule has 0 bridgehead atoms. The second-order valence-corrected chi connectivity index (χ2v) is 3.16. The van der Waals surface area contributed by atoms with Gasteiger partial charge in [-0.05, 0) is 24.6 Å². The van der Waals surface area contributed by atoms with E-state index in [2.05, 4.69) is 4.90 Å². The van der Waals surface area contributed by atoms with Crippen molar-refractivity contribution in [2.75, 3.05) is 18.0 Å². The number of carbonyl (C=O) groups excluding carboxylic acids is 1. The fourth-order valence-electron chi connectivity index (χ4n) is 1.46. The van der Waals surface area contributed by atoms with Crippen LogP contribution in [-0.4, -0.2) is 19.4 Å². The summed E-state index contributed by atoms with van der Waals surface area (Å²) >= 11 is 0. The number of hydrogen-bond acceptors (Lipinski definition) is 2. The third-order valence-electron chi connectivity index (χ3n) is 2.31. The first-order chi connectivity index (χ1) is 6.31. The molecule has 0 N–H and O–H groups in total. The molecule has 3 heteroatoms. The van der Waals surface area contributed by atoms with Crippen molar-refractivity contribution in [2.24, 2.45) is 0 Å². The van der Waals surface area contributed by atoms with Gasteiger partial charge in [-0.25, -0.2) is 4.39 Å². The van der Waals surface area contributed by atoms with Crippen LogP contribution in [0, 0.1) is 5.82 Å². The zero-order valence-corrected chi connectivity index (χ0v) is 7.16. The lowest BCUT2D eigenvalue weighted by atomic mass is 10.1. The van der Waals surface area contributed by atoms with Gasteiger partial charge < -0.3 is 4.90 Å². The Bertz CT molecular complexity index is 334. The highest BCUT2D eigenvalue weighted by Gasteiger charge is 2.17. The molecule has 1 aromatic carbocycles. The Morgan fingerprint density at radius 1 is 1.38 bits per heavy atom. The van der Waals surface area contributed by atoms with Crippen LogP contribution in [0.2, 0.25) is 0 Å². The van der Waals surface area contributed by atoms with Crippen molar-refractivity contribution in [1.29, 1.82) is 0 Å². The van der Waals surface area contributed by atoms with Crippen LogP contribution < -0.4 is 4.90 Å². The van der Waals surface area contributed by atoms with Crippen molar-refractivity contribution < 1.29 is 9.18 Å². The molecule has 1 aromatic rings. The van der Waals surface area contributed by atoms with Crippen LogP contribution in [0.25, 0.3) is 0 Å². The Morgan fingerprint density at radius 2 is 2.15 bits per heavy atom. The molecule has 1 saturated heterocycles. The fourth-order valence-corrected chi connectivity index (χ4v) is 1.46. The summed E-state index contributed by atoms with van der Waals surface area (Å²) < 4.78 is 12.7. The van der Waals surface area contributed by atoms with Crippen LogP contribution in [0.3, 0.4) is 0 Å². The summed E-state index contributed by atoms with van der Waals surface area (Å²) in [6.07, 6.45) is 1.85. The number of hydrogen-bond donors (Lipinski definition) is 0. The van der Waals surface area contributed by atoms with Crippen molar-refractivity contribution in [3.8, 4) is 0 Å². The maximum absolute atomic E-state index is 12.7. The average molecular weight is 179 g/mol. The topological polar surface area (TPSA) is 20.3 Å². The number of aldehydes is 1. The maximum Gasteiger partial charge on any atom is 0.152 e. The van der Waals surface area contributed by atoms with Crippen molar-refractivity contribution in [3.63, 3.8) is 0 Å². The normalized spacial score (nSPS) is 15.3. The van der Waals surface area contributed by atoms with E-state index in [0.29, 0.717) is 11.8 Å². The molecule has 0 atom stereocenters. The number of anilines is 1. The minimum absolute atomic E-state index is 0.355. The van der Waals surface area contributed by atoms with E-state index in [9.17, 15) is 9.18 Å². The molecule has 2 rings (SSSR count). The standard InChI is InChI=1S/C10H10FNO/c11-9-2-3-10(8(6-9)7-13)12-4-1-5-12/h2-3,6-7H,1,4-5H2. The van der Waals surface area contributed by atoms with E-state index in [1.807, 2.05) is 0 Å². The van der Waals surface area contributed by atoms with E-state index in [0.717, 1.165) is 25.2 Å². The van der Waals surface area contributed by atoms with Gasteiger partial charge in [0, 0.05) is 24.3 Å². The zero-order valence-electron chi connectivity index (χ0n) is 7.16. The van der Waals surface area contributed by atoms with E-state index in [1.54, 1.807) is 6.07 Å². The fraction of sp³-hybridized carbons (Fsp3) is 0.300. The Hall–Kier alpha value is -1.38. The lowest BCUT2D eigenvalue weighted by molar-refractivity contribution is 0.112. The molecule has 13 heavy (non-hydrogen) atoms. The molecule has 68 valence electrons. The van der Waals surface area contributed by atoms with Gasteiger partial charge in [-0.2, -0.15) is 0 Å². The molecule has 0 amide bonds. The third kappa shape index (κ3) is 1.41. The van der Waals surface area contributed by atoms with E-state index in [4.69, 9.17) is 0 Å². The van der Waals surface area contributed by atoms with Gasteiger partial charge >= 0.3 is 0 Å². The van der Waals surface area contributed by atoms with Gasteiger partial charge in [0.15, 0.2) is 6.29 Å². The van der Waals surface area contributed by atoms with Gasteiger partial charge in [0.2, 0.25) is 0 Å². The molecule has 0 saturated carbocycles. The molecule has 1 heterocycles. The smallest absolute Gasteiger partial charge is 0.152 e. The monoisotopic (exact) mass is 179 g/mol. The predicted octanol–water partition coefficient (Wildman–Crippen LogP) is 1.85. The third-order valence-corrected chi connectivity index (χ3v) is 2.31. The van der Waals surface area contributed by atoms with Gasteiger partial charge in [-0.3, -0.25) is 4.79 Å². The molecule has 0 aliphatic carbocycles. The van der Waals surface area contributed by atoms with Crippen LogP contribution in [0.5, 0.6) is 0 Å². The molecular weight excluding hydrogens is 169 g/mol. The first-order valence-corrected chi connectivity index (χ1v) is 4.31. The van der Waals surface area contributed by atoms with E-state index >= 15 is 0 Å². The summed E-state index contributed by atoms with van der Waals surface area (Å²) in [7, 11) is 0. The van der Waals surface area contributed by atoms with Crippen LogP contribution in [0.1, 0.15) is 16.8 Å². The van der Waals surface area contributed by atoms with Crippen molar-refractivity contribution in [2.45, 2.75) is 6.42 Å². The molecule has 0 unspecified atom stereocenters. The lowest BCUT2D eigenvalue weighted by Crippen LogP contribution is -2.37. The van der Waals surface area contributed by atoms with E-state index in [-0.39, 0.29) is 5.82 Å². The second-order valence-electron chi connectivity index (χ2n) is 3.16. The zero-order chi connectivity index (χ0) is 9.26. The SMILES string of the molecule is O=Cc1cc(F)ccc1N1CCC1. The van der Waals surface area contributed by atoms with Crippen LogP contribution in [0.4, 0.5) is 10.1 Å². The molecule has 1 aliphatic rings. The molecular formula is C10H10FNO. The van der Waals surface area contributed by atoms with Gasteiger partial charge in [0.1, 0.15) is 5.82 Å². The molecule has 2 nitrogen and oxygen atoms in total. The van der Waals surface area contributed by atoms with E-state index < -0.39 is 0 Å². The van der Waals surface area contributed by atoms with Crippen molar-refractivity contribution in [3.05, 3.63) is 29.6 Å². The Balaban J connectivity index is 2.37. The molecule has 1 fully saturated rings. The molecule has 0 spiro atoms. The predicted molar refractivity (Wildman–Crippen MR) is 48.6 cm³/mol. The molecule has 1 aliphatic heterocycles. The van der Waals surface area contributed by atoms with Crippen LogP contribution in [-0.2, 0) is 0 Å². The van der Waals surface area contributed by atoms with Crippen LogP contribution in [0.15, 0.2) is 18.2 Å². The second kappa shape index (κ2) is 3.17.